The largest absolute Gasteiger partial charge is 0.508 e. The summed E-state index contributed by atoms with van der Waals surface area (Å²) < 4.78 is 61.1. The van der Waals surface area contributed by atoms with Gasteiger partial charge in [0.2, 0.25) is 5.16 Å². The van der Waals surface area contributed by atoms with Gasteiger partial charge in [-0.05, 0) is 25.1 Å². The van der Waals surface area contributed by atoms with Gasteiger partial charge in [-0.15, -0.1) is 0 Å². The highest BCUT2D eigenvalue weighted by molar-refractivity contribution is 7.84. The fraction of sp³-hybridized carbons (Fsp3) is 0.440. The van der Waals surface area contributed by atoms with Gasteiger partial charge in [0.25, 0.3) is 5.92 Å². The summed E-state index contributed by atoms with van der Waals surface area (Å²) in [5, 5.41) is -0.0134. The molecule has 0 unspecified atom stereocenters. The number of nitrogens with zero attached hydrogens (tertiary/aromatic N) is 4. The van der Waals surface area contributed by atoms with Crippen molar-refractivity contribution in [3.05, 3.63) is 47.8 Å². The first kappa shape index (κ1) is 29.9. The molecule has 1 atom stereocenters. The normalized spacial score (nSPS) is 12.3. The van der Waals surface area contributed by atoms with Crippen LogP contribution in [0.5, 0.6) is 5.75 Å². The minimum atomic E-state index is -3.02. The Kier molecular flexibility index (Phi) is 10.3. The number of aromatic nitrogens is 3. The monoisotopic (exact) mass is 568 g/mol. The van der Waals surface area contributed by atoms with E-state index >= 15 is 0 Å². The van der Waals surface area contributed by atoms with Gasteiger partial charge in [-0.1, -0.05) is 12.1 Å². The highest BCUT2D eigenvalue weighted by atomic mass is 32.2. The van der Waals surface area contributed by atoms with Crippen LogP contribution in [0.25, 0.3) is 11.0 Å². The third-order valence-corrected chi connectivity index (χ3v) is 6.63. The first-order valence-electron chi connectivity index (χ1n) is 11.9. The molecular formula is C25H30F2N4O7S. The maximum absolute atomic E-state index is 13.5. The Morgan fingerprint density at radius 3 is 2.56 bits per heavy atom. The van der Waals surface area contributed by atoms with E-state index in [9.17, 15) is 22.6 Å². The second-order valence-corrected chi connectivity index (χ2v) is 9.94. The maximum Gasteiger partial charge on any atom is 0.508 e. The molecule has 3 rings (SSSR count). The minimum absolute atomic E-state index is 0.0134. The third-order valence-electron chi connectivity index (χ3n) is 5.41. The van der Waals surface area contributed by atoms with Gasteiger partial charge in [-0.3, -0.25) is 9.19 Å². The van der Waals surface area contributed by atoms with E-state index in [0.29, 0.717) is 22.3 Å². The highest BCUT2D eigenvalue weighted by Crippen LogP contribution is 2.25. The van der Waals surface area contributed by atoms with Crippen LogP contribution >= 0.6 is 0 Å². The number of hydrogen-bond donors (Lipinski definition) is 0. The zero-order valence-electron chi connectivity index (χ0n) is 22.0. The number of imidazole rings is 1. The van der Waals surface area contributed by atoms with Crippen molar-refractivity contribution in [2.24, 2.45) is 0 Å². The Morgan fingerprint density at radius 1 is 1.13 bits per heavy atom. The summed E-state index contributed by atoms with van der Waals surface area (Å²) in [5.41, 5.74) is 1.69. The first-order valence-corrected chi connectivity index (χ1v) is 13.2. The summed E-state index contributed by atoms with van der Waals surface area (Å²) in [6.45, 7) is 1.72. The quantitative estimate of drug-likeness (QED) is 0.237. The Labute approximate surface area is 226 Å². The molecule has 0 saturated carbocycles. The average molecular weight is 569 g/mol. The molecule has 0 saturated heterocycles. The number of amides is 1. The first-order chi connectivity index (χ1) is 18.5. The molecule has 2 aromatic heterocycles. The predicted octanol–water partition coefficient (Wildman–Crippen LogP) is 3.78. The van der Waals surface area contributed by atoms with E-state index in [4.69, 9.17) is 18.9 Å². The smallest absolute Gasteiger partial charge is 0.487 e. The third kappa shape index (κ3) is 8.17. The molecule has 0 aliphatic rings. The Hall–Kier alpha value is -3.65. The van der Waals surface area contributed by atoms with E-state index in [0.717, 1.165) is 6.92 Å². The van der Waals surface area contributed by atoms with E-state index in [1.54, 1.807) is 31.2 Å². The molecule has 14 heteroatoms. The van der Waals surface area contributed by atoms with Crippen LogP contribution in [0.15, 0.2) is 41.7 Å². The highest BCUT2D eigenvalue weighted by Gasteiger charge is 2.26. The van der Waals surface area contributed by atoms with Gasteiger partial charge in [0.05, 0.1) is 46.4 Å². The molecule has 0 aliphatic carbocycles. The molecule has 3 aromatic rings. The fourth-order valence-corrected chi connectivity index (χ4v) is 4.63. The van der Waals surface area contributed by atoms with Gasteiger partial charge in [0, 0.05) is 32.8 Å². The molecule has 11 nitrogen and oxygen atoms in total. The molecule has 0 bridgehead atoms. The number of alkyl halides is 2. The van der Waals surface area contributed by atoms with Crippen molar-refractivity contribution in [1.29, 1.82) is 0 Å². The van der Waals surface area contributed by atoms with Crippen molar-refractivity contribution in [3.63, 3.8) is 0 Å². The molecule has 0 spiro atoms. The van der Waals surface area contributed by atoms with E-state index < -0.39 is 35.5 Å². The number of methoxy groups -OCH3 is 1. The lowest BCUT2D eigenvalue weighted by Gasteiger charge is -2.19. The fourth-order valence-electron chi connectivity index (χ4n) is 3.38. The number of halogens is 2. The molecule has 212 valence electrons. The maximum atomic E-state index is 13.5. The van der Waals surface area contributed by atoms with Crippen LogP contribution in [-0.2, 0) is 30.8 Å². The standard InChI is InChI=1S/C25H30F2N4O7S/c1-17-19(28-10-9-21(17)38-16-25(2,26)27)15-39(34)22-29-18-7-5-6-8-20(18)31(22)23(32)30(3)11-12-36-24(33)37-14-13-35-4/h5-10H,11-16H2,1-4H3/t39-/m1/s1. The number of carbonyl (C=O) groups excluding carboxylic acids is 2. The molecule has 0 radical (unpaired) electrons. The number of likely N-dealkylation sites (N-methyl/N-ethyl adjacent to an activating group) is 1. The lowest BCUT2D eigenvalue weighted by atomic mass is 10.2. The van der Waals surface area contributed by atoms with Gasteiger partial charge >= 0.3 is 12.2 Å². The van der Waals surface area contributed by atoms with E-state index in [-0.39, 0.29) is 43.0 Å². The van der Waals surface area contributed by atoms with Crippen LogP contribution in [0.1, 0.15) is 18.2 Å². The van der Waals surface area contributed by atoms with Crippen molar-refractivity contribution >= 4 is 34.0 Å². The molecule has 0 fully saturated rings. The van der Waals surface area contributed by atoms with Crippen LogP contribution in [0, 0.1) is 6.92 Å². The summed E-state index contributed by atoms with van der Waals surface area (Å²) >= 11 is 0. The van der Waals surface area contributed by atoms with Crippen LogP contribution in [0.4, 0.5) is 18.4 Å². The number of carbonyl (C=O) groups is 2. The van der Waals surface area contributed by atoms with Crippen LogP contribution in [0.3, 0.4) is 0 Å². The Balaban J connectivity index is 1.78. The predicted molar refractivity (Wildman–Crippen MR) is 138 cm³/mol. The summed E-state index contributed by atoms with van der Waals surface area (Å²) in [4.78, 5) is 35.0. The number of pyridine rings is 1. The van der Waals surface area contributed by atoms with Crippen LogP contribution < -0.4 is 4.74 Å². The molecule has 2 heterocycles. The topological polar surface area (TPSA) is 122 Å². The number of rotatable bonds is 12. The van der Waals surface area contributed by atoms with Crippen molar-refractivity contribution in [2.75, 3.05) is 47.1 Å². The van der Waals surface area contributed by atoms with Gasteiger partial charge in [-0.2, -0.15) is 0 Å². The summed E-state index contributed by atoms with van der Waals surface area (Å²) in [5.74, 6) is -2.96. The summed E-state index contributed by atoms with van der Waals surface area (Å²) in [7, 11) is 1.12. The number of benzene rings is 1. The van der Waals surface area contributed by atoms with Gasteiger partial charge in [0.1, 0.15) is 19.0 Å². The molecule has 1 amide bonds. The molecule has 1 aromatic carbocycles. The average Bonchev–Trinajstić information content (AvgIpc) is 3.28. The van der Waals surface area contributed by atoms with Crippen molar-refractivity contribution in [1.82, 2.24) is 19.4 Å². The van der Waals surface area contributed by atoms with E-state index in [1.165, 1.54) is 35.9 Å². The molecular weight excluding hydrogens is 538 g/mol. The van der Waals surface area contributed by atoms with E-state index in [1.807, 2.05) is 0 Å². The number of hydrogen-bond acceptors (Lipinski definition) is 9. The summed E-state index contributed by atoms with van der Waals surface area (Å²) in [6.07, 6.45) is 0.490. The van der Waals surface area contributed by atoms with Gasteiger partial charge < -0.3 is 23.8 Å². The van der Waals surface area contributed by atoms with Crippen LogP contribution in [-0.4, -0.2) is 88.9 Å². The number of fused-ring (bicyclic) bond motifs is 1. The Morgan fingerprint density at radius 2 is 1.85 bits per heavy atom. The minimum Gasteiger partial charge on any atom is -0.487 e. The van der Waals surface area contributed by atoms with E-state index in [2.05, 4.69) is 9.97 Å². The number of para-hydroxylation sites is 2. The molecule has 39 heavy (non-hydrogen) atoms. The zero-order valence-corrected chi connectivity index (χ0v) is 22.8. The Bertz CT molecular complexity index is 1330. The lowest BCUT2D eigenvalue weighted by Crippen LogP contribution is -2.35. The SMILES string of the molecule is COCCOC(=O)OCCN(C)C(=O)n1c([S@](=O)Cc2nccc(OCC(C)(F)F)c2C)nc2ccccc21. The summed E-state index contributed by atoms with van der Waals surface area (Å²) in [6, 6.07) is 7.71. The number of ether oxygens (including phenoxy) is 4. The van der Waals surface area contributed by atoms with Crippen molar-refractivity contribution < 1.29 is 41.5 Å². The molecule has 0 aliphatic heterocycles. The zero-order chi connectivity index (χ0) is 28.6. The van der Waals surface area contributed by atoms with Crippen LogP contribution in [0.2, 0.25) is 0 Å². The van der Waals surface area contributed by atoms with Crippen molar-refractivity contribution in [2.45, 2.75) is 30.7 Å². The second-order valence-electron chi connectivity index (χ2n) is 8.59. The molecule has 0 N–H and O–H groups in total. The van der Waals surface area contributed by atoms with Gasteiger partial charge in [-0.25, -0.2) is 27.9 Å². The van der Waals surface area contributed by atoms with Crippen molar-refractivity contribution in [3.8, 4) is 5.75 Å². The van der Waals surface area contributed by atoms with Gasteiger partial charge in [0.15, 0.2) is 6.61 Å². The second kappa shape index (κ2) is 13.4. The lowest BCUT2D eigenvalue weighted by molar-refractivity contribution is -0.0231.